The molecule has 0 radical (unpaired) electrons. The molecule has 9 heteroatoms. The molecule has 1 aliphatic rings. The topological polar surface area (TPSA) is 93.7 Å². The molecule has 7 nitrogen and oxygen atoms in total. The van der Waals surface area contributed by atoms with Gasteiger partial charge in [-0.3, -0.25) is 4.79 Å². The van der Waals surface area contributed by atoms with Gasteiger partial charge in [0.05, 0.1) is 5.54 Å². The van der Waals surface area contributed by atoms with Crippen LogP contribution in [0.4, 0.5) is 4.39 Å². The maximum absolute atomic E-state index is 14.1. The lowest BCUT2D eigenvalue weighted by molar-refractivity contribution is 0.0911. The molecule has 0 unspecified atom stereocenters. The van der Waals surface area contributed by atoms with Gasteiger partial charge in [-0.05, 0) is 49.7 Å². The molecule has 2 aromatic carbocycles. The highest BCUT2D eigenvalue weighted by Crippen LogP contribution is 2.35. The number of carbonyl (C=O) groups excluding carboxylic acids is 1. The van der Waals surface area contributed by atoms with E-state index < -0.39 is 32.2 Å². The summed E-state index contributed by atoms with van der Waals surface area (Å²) in [6.07, 6.45) is 1.33. The van der Waals surface area contributed by atoms with Gasteiger partial charge in [0.25, 0.3) is 5.91 Å². The molecule has 2 aromatic rings. The van der Waals surface area contributed by atoms with Crippen LogP contribution in [0.1, 0.15) is 29.8 Å². The van der Waals surface area contributed by atoms with Crippen molar-refractivity contribution < 1.29 is 27.1 Å². The van der Waals surface area contributed by atoms with E-state index in [9.17, 15) is 17.6 Å². The maximum atomic E-state index is 14.1. The van der Waals surface area contributed by atoms with Crippen molar-refractivity contribution in [2.75, 3.05) is 13.3 Å². The van der Waals surface area contributed by atoms with Crippen LogP contribution in [0.3, 0.4) is 0 Å². The number of ether oxygens (including phenoxy) is 2. The molecule has 29 heavy (non-hydrogen) atoms. The Kier molecular flexibility index (Phi) is 5.63. The molecule has 1 heterocycles. The first kappa shape index (κ1) is 20.8. The number of hydrogen-bond donors (Lipinski definition) is 2. The summed E-state index contributed by atoms with van der Waals surface area (Å²) in [5.41, 5.74) is -0.0380. The molecule has 0 fully saturated rings. The van der Waals surface area contributed by atoms with E-state index in [2.05, 4.69) is 16.6 Å². The van der Waals surface area contributed by atoms with Crippen LogP contribution in [0, 0.1) is 5.82 Å². The third-order valence-electron chi connectivity index (χ3n) is 4.42. The first-order chi connectivity index (χ1) is 13.6. The molecular formula is C20H21FN2O5S. The zero-order valence-electron chi connectivity index (χ0n) is 16.0. The molecule has 0 atom stereocenters. The zero-order valence-corrected chi connectivity index (χ0v) is 16.8. The Morgan fingerprint density at radius 1 is 1.21 bits per heavy atom. The summed E-state index contributed by atoms with van der Waals surface area (Å²) in [6, 6.07) is 8.50. The molecule has 0 aliphatic carbocycles. The van der Waals surface area contributed by atoms with E-state index in [0.29, 0.717) is 11.5 Å². The van der Waals surface area contributed by atoms with Crippen molar-refractivity contribution >= 4 is 15.9 Å². The van der Waals surface area contributed by atoms with Gasteiger partial charge in [0.1, 0.15) is 10.7 Å². The first-order valence-electron chi connectivity index (χ1n) is 8.77. The molecule has 0 bridgehead atoms. The van der Waals surface area contributed by atoms with E-state index in [-0.39, 0.29) is 18.9 Å². The molecule has 0 saturated carbocycles. The Bertz CT molecular complexity index is 1070. The Labute approximate surface area is 168 Å². The quantitative estimate of drug-likeness (QED) is 0.672. The van der Waals surface area contributed by atoms with E-state index in [1.165, 1.54) is 12.1 Å². The van der Waals surface area contributed by atoms with Crippen molar-refractivity contribution in [3.8, 4) is 11.5 Å². The lowest BCUT2D eigenvalue weighted by Gasteiger charge is -2.27. The van der Waals surface area contributed by atoms with Crippen molar-refractivity contribution in [2.24, 2.45) is 0 Å². The van der Waals surface area contributed by atoms with Crippen LogP contribution in [-0.2, 0) is 15.6 Å². The molecular weight excluding hydrogens is 399 g/mol. The number of amides is 1. The Morgan fingerprint density at radius 3 is 2.66 bits per heavy atom. The number of fused-ring (bicyclic) bond motifs is 1. The Balaban J connectivity index is 1.85. The zero-order chi connectivity index (χ0) is 21.2. The lowest BCUT2D eigenvalue weighted by Crippen LogP contribution is -2.41. The number of halogens is 1. The molecule has 1 amide bonds. The van der Waals surface area contributed by atoms with Crippen molar-refractivity contribution in [1.82, 2.24) is 10.0 Å². The van der Waals surface area contributed by atoms with Crippen molar-refractivity contribution in [3.05, 3.63) is 66.0 Å². The van der Waals surface area contributed by atoms with Gasteiger partial charge in [-0.25, -0.2) is 17.5 Å². The van der Waals surface area contributed by atoms with Crippen molar-refractivity contribution in [1.29, 1.82) is 0 Å². The minimum Gasteiger partial charge on any atom is -0.454 e. The van der Waals surface area contributed by atoms with Gasteiger partial charge in [-0.15, -0.1) is 6.58 Å². The van der Waals surface area contributed by atoms with Gasteiger partial charge in [0.2, 0.25) is 16.8 Å². The monoisotopic (exact) mass is 420 g/mol. The van der Waals surface area contributed by atoms with Crippen LogP contribution < -0.4 is 19.5 Å². The third-order valence-corrected chi connectivity index (χ3v) is 5.86. The second kappa shape index (κ2) is 7.84. The number of benzene rings is 2. The lowest BCUT2D eigenvalue weighted by atomic mass is 9.93. The van der Waals surface area contributed by atoms with E-state index in [1.54, 1.807) is 32.0 Å². The Hall–Kier alpha value is -2.91. The van der Waals surface area contributed by atoms with E-state index in [1.807, 2.05) is 0 Å². The summed E-state index contributed by atoms with van der Waals surface area (Å²) in [5.74, 6) is -0.300. The highest BCUT2D eigenvalue weighted by molar-refractivity contribution is 7.89. The highest BCUT2D eigenvalue weighted by atomic mass is 32.2. The van der Waals surface area contributed by atoms with Gasteiger partial charge in [-0.1, -0.05) is 12.1 Å². The summed E-state index contributed by atoms with van der Waals surface area (Å²) in [6.45, 7) is 7.07. The highest BCUT2D eigenvalue weighted by Gasteiger charge is 2.27. The number of nitrogens with one attached hydrogen (secondary N) is 2. The predicted octanol–water partition coefficient (Wildman–Crippen LogP) is 2.68. The summed E-state index contributed by atoms with van der Waals surface area (Å²) in [5, 5.41) is 2.83. The van der Waals surface area contributed by atoms with Gasteiger partial charge in [0.15, 0.2) is 11.5 Å². The molecule has 0 saturated heterocycles. The standard InChI is InChI=1S/C20H21FN2O5S/c1-4-9-22-29(25,26)18-10-13(5-7-15(18)21)19(24)23-20(2,3)14-6-8-16-17(11-14)28-12-27-16/h4-8,10-11,22H,1,9,12H2,2-3H3,(H,23,24). The minimum atomic E-state index is -4.12. The second-order valence-corrected chi connectivity index (χ2v) is 8.67. The largest absolute Gasteiger partial charge is 0.454 e. The van der Waals surface area contributed by atoms with Crippen LogP contribution in [0.15, 0.2) is 53.9 Å². The van der Waals surface area contributed by atoms with Crippen molar-refractivity contribution in [2.45, 2.75) is 24.3 Å². The predicted molar refractivity (Wildman–Crippen MR) is 105 cm³/mol. The smallest absolute Gasteiger partial charge is 0.252 e. The Morgan fingerprint density at radius 2 is 1.93 bits per heavy atom. The average Bonchev–Trinajstić information content (AvgIpc) is 3.14. The van der Waals surface area contributed by atoms with Crippen LogP contribution in [0.5, 0.6) is 11.5 Å². The van der Waals surface area contributed by atoms with E-state index in [4.69, 9.17) is 9.47 Å². The second-order valence-electron chi connectivity index (χ2n) is 6.93. The summed E-state index contributed by atoms with van der Waals surface area (Å²) in [7, 11) is -4.12. The van der Waals surface area contributed by atoms with Crippen molar-refractivity contribution in [3.63, 3.8) is 0 Å². The average molecular weight is 420 g/mol. The number of hydrogen-bond acceptors (Lipinski definition) is 5. The first-order valence-corrected chi connectivity index (χ1v) is 10.2. The molecule has 0 aromatic heterocycles. The van der Waals surface area contributed by atoms with Gasteiger partial charge in [0, 0.05) is 12.1 Å². The fraction of sp³-hybridized carbons (Fsp3) is 0.250. The summed E-state index contributed by atoms with van der Waals surface area (Å²) >= 11 is 0. The number of rotatable bonds is 7. The molecule has 2 N–H and O–H groups in total. The number of sulfonamides is 1. The van der Waals surface area contributed by atoms with Gasteiger partial charge < -0.3 is 14.8 Å². The molecule has 0 spiro atoms. The van der Waals surface area contributed by atoms with Crippen LogP contribution in [0.25, 0.3) is 0 Å². The summed E-state index contributed by atoms with van der Waals surface area (Å²) in [4.78, 5) is 12.1. The summed E-state index contributed by atoms with van der Waals surface area (Å²) < 4.78 is 51.4. The fourth-order valence-corrected chi connectivity index (χ4v) is 3.91. The minimum absolute atomic E-state index is 0.0131. The van der Waals surface area contributed by atoms with Gasteiger partial charge in [-0.2, -0.15) is 0 Å². The molecule has 154 valence electrons. The fourth-order valence-electron chi connectivity index (χ4n) is 2.81. The van der Waals surface area contributed by atoms with E-state index >= 15 is 0 Å². The van der Waals surface area contributed by atoms with Gasteiger partial charge >= 0.3 is 0 Å². The SMILES string of the molecule is C=CCNS(=O)(=O)c1cc(C(=O)NC(C)(C)c2ccc3c(c2)OCO3)ccc1F. The molecule has 3 rings (SSSR count). The van der Waals surface area contributed by atoms with E-state index in [0.717, 1.165) is 17.7 Å². The van der Waals surface area contributed by atoms with Crippen LogP contribution >= 0.6 is 0 Å². The maximum Gasteiger partial charge on any atom is 0.252 e. The molecule has 1 aliphatic heterocycles. The normalized spacial score (nSPS) is 13.2. The number of carbonyl (C=O) groups is 1. The third kappa shape index (κ3) is 4.41. The van der Waals surface area contributed by atoms with Crippen LogP contribution in [-0.4, -0.2) is 27.7 Å². The van der Waals surface area contributed by atoms with Crippen LogP contribution in [0.2, 0.25) is 0 Å².